The highest BCUT2D eigenvalue weighted by atomic mass is 19.2. The molecular formula is C14H17F2NO2. The molecule has 1 unspecified atom stereocenters. The van der Waals surface area contributed by atoms with Gasteiger partial charge in [-0.3, -0.25) is 4.79 Å². The van der Waals surface area contributed by atoms with Crippen molar-refractivity contribution in [1.82, 2.24) is 4.90 Å². The molecule has 1 fully saturated rings. The summed E-state index contributed by atoms with van der Waals surface area (Å²) in [6.07, 6.45) is 2.98. The maximum Gasteiger partial charge on any atom is 0.256 e. The third kappa shape index (κ3) is 3.29. The van der Waals surface area contributed by atoms with Gasteiger partial charge in [-0.05, 0) is 31.4 Å². The Balaban J connectivity index is 2.03. The minimum Gasteiger partial charge on any atom is -0.376 e. The lowest BCUT2D eigenvalue weighted by molar-refractivity contribution is -0.000284. The minimum atomic E-state index is -1.09. The third-order valence-corrected chi connectivity index (χ3v) is 3.28. The summed E-state index contributed by atoms with van der Waals surface area (Å²) in [7, 11) is 1.57. The second kappa shape index (κ2) is 6.10. The zero-order valence-corrected chi connectivity index (χ0v) is 10.9. The van der Waals surface area contributed by atoms with Crippen LogP contribution in [0.5, 0.6) is 0 Å². The Kier molecular flexibility index (Phi) is 4.47. The van der Waals surface area contributed by atoms with Gasteiger partial charge in [0.2, 0.25) is 0 Å². The zero-order chi connectivity index (χ0) is 13.8. The average molecular weight is 269 g/mol. The summed E-state index contributed by atoms with van der Waals surface area (Å²) in [5.74, 6) is -2.62. The predicted molar refractivity (Wildman–Crippen MR) is 66.9 cm³/mol. The van der Waals surface area contributed by atoms with E-state index >= 15 is 0 Å². The van der Waals surface area contributed by atoms with Crippen molar-refractivity contribution >= 4 is 5.91 Å². The number of carbonyl (C=O) groups excluding carboxylic acids is 1. The Labute approximate surface area is 111 Å². The molecule has 104 valence electrons. The molecule has 19 heavy (non-hydrogen) atoms. The van der Waals surface area contributed by atoms with E-state index in [0.717, 1.165) is 25.3 Å². The van der Waals surface area contributed by atoms with E-state index in [4.69, 9.17) is 4.74 Å². The third-order valence-electron chi connectivity index (χ3n) is 3.28. The highest BCUT2D eigenvalue weighted by molar-refractivity contribution is 5.94. The Hall–Kier alpha value is -1.49. The fraction of sp³-hybridized carbons (Fsp3) is 0.500. The molecule has 0 radical (unpaired) electrons. The van der Waals surface area contributed by atoms with Crippen molar-refractivity contribution in [2.45, 2.75) is 25.4 Å². The Bertz CT molecular complexity index is 459. The van der Waals surface area contributed by atoms with Crippen LogP contribution in [0.3, 0.4) is 0 Å². The lowest BCUT2D eigenvalue weighted by Gasteiger charge is -2.27. The highest BCUT2D eigenvalue weighted by Crippen LogP contribution is 2.16. The SMILES string of the molecule is CN(CC1CCCCO1)C(=O)c1cccc(F)c1F. The summed E-state index contributed by atoms with van der Waals surface area (Å²) in [4.78, 5) is 13.4. The first-order valence-electron chi connectivity index (χ1n) is 6.40. The van der Waals surface area contributed by atoms with E-state index in [0.29, 0.717) is 13.2 Å². The first-order valence-corrected chi connectivity index (χ1v) is 6.40. The number of hydrogen-bond acceptors (Lipinski definition) is 2. The molecule has 0 spiro atoms. The van der Waals surface area contributed by atoms with Crippen LogP contribution in [-0.4, -0.2) is 37.1 Å². The van der Waals surface area contributed by atoms with Crippen LogP contribution in [0.4, 0.5) is 8.78 Å². The summed E-state index contributed by atoms with van der Waals surface area (Å²) in [5.41, 5.74) is -0.238. The molecule has 1 amide bonds. The Morgan fingerprint density at radius 2 is 2.21 bits per heavy atom. The van der Waals surface area contributed by atoms with Crippen LogP contribution in [0.2, 0.25) is 0 Å². The van der Waals surface area contributed by atoms with Crippen LogP contribution in [-0.2, 0) is 4.74 Å². The second-order valence-electron chi connectivity index (χ2n) is 4.78. The number of amides is 1. The number of nitrogens with zero attached hydrogens (tertiary/aromatic N) is 1. The van der Waals surface area contributed by atoms with Crippen molar-refractivity contribution < 1.29 is 18.3 Å². The molecule has 3 nitrogen and oxygen atoms in total. The standard InChI is InChI=1S/C14H17F2NO2/c1-17(9-10-5-2-3-8-19-10)14(18)11-6-4-7-12(15)13(11)16/h4,6-7,10H,2-3,5,8-9H2,1H3. The van der Waals surface area contributed by atoms with Gasteiger partial charge in [0.15, 0.2) is 11.6 Å². The van der Waals surface area contributed by atoms with Gasteiger partial charge in [-0.25, -0.2) is 8.78 Å². The molecule has 1 atom stereocenters. The maximum atomic E-state index is 13.5. The first kappa shape index (κ1) is 13.9. The van der Waals surface area contributed by atoms with Crippen LogP contribution in [0.15, 0.2) is 18.2 Å². The van der Waals surface area contributed by atoms with E-state index in [9.17, 15) is 13.6 Å². The number of hydrogen-bond donors (Lipinski definition) is 0. The van der Waals surface area contributed by atoms with Crippen molar-refractivity contribution in [3.8, 4) is 0 Å². The van der Waals surface area contributed by atoms with Gasteiger partial charge in [-0.2, -0.15) is 0 Å². The fourth-order valence-electron chi connectivity index (χ4n) is 2.21. The quantitative estimate of drug-likeness (QED) is 0.844. The summed E-state index contributed by atoms with van der Waals surface area (Å²) < 4.78 is 32.2. The van der Waals surface area contributed by atoms with Crippen molar-refractivity contribution in [2.75, 3.05) is 20.2 Å². The van der Waals surface area contributed by atoms with Gasteiger partial charge in [-0.1, -0.05) is 6.07 Å². The van der Waals surface area contributed by atoms with Crippen molar-refractivity contribution in [2.24, 2.45) is 0 Å². The molecule has 0 aromatic heterocycles. The molecule has 1 heterocycles. The largest absolute Gasteiger partial charge is 0.376 e. The molecule has 0 aliphatic carbocycles. The van der Waals surface area contributed by atoms with E-state index in [1.54, 1.807) is 7.05 Å². The summed E-state index contributed by atoms with van der Waals surface area (Å²) in [6, 6.07) is 3.62. The zero-order valence-electron chi connectivity index (χ0n) is 10.9. The number of ether oxygens (including phenoxy) is 1. The number of rotatable bonds is 3. The summed E-state index contributed by atoms with van der Waals surface area (Å²) in [5, 5.41) is 0. The highest BCUT2D eigenvalue weighted by Gasteiger charge is 2.22. The molecule has 5 heteroatoms. The Morgan fingerprint density at radius 3 is 2.89 bits per heavy atom. The number of carbonyl (C=O) groups is 1. The van der Waals surface area contributed by atoms with E-state index in [2.05, 4.69) is 0 Å². The average Bonchev–Trinajstić information content (AvgIpc) is 2.42. The molecule has 1 aliphatic heterocycles. The van der Waals surface area contributed by atoms with Gasteiger partial charge < -0.3 is 9.64 Å². The van der Waals surface area contributed by atoms with Gasteiger partial charge in [-0.15, -0.1) is 0 Å². The lowest BCUT2D eigenvalue weighted by atomic mass is 10.1. The van der Waals surface area contributed by atoms with E-state index in [-0.39, 0.29) is 11.7 Å². The molecular weight excluding hydrogens is 252 g/mol. The molecule has 2 rings (SSSR count). The molecule has 1 aliphatic rings. The van der Waals surface area contributed by atoms with Gasteiger partial charge in [0.05, 0.1) is 11.7 Å². The van der Waals surface area contributed by atoms with E-state index < -0.39 is 17.5 Å². The van der Waals surface area contributed by atoms with Crippen molar-refractivity contribution in [1.29, 1.82) is 0 Å². The molecule has 1 aromatic rings. The molecule has 0 bridgehead atoms. The van der Waals surface area contributed by atoms with Crippen LogP contribution in [0, 0.1) is 11.6 Å². The molecule has 0 saturated carbocycles. The predicted octanol–water partition coefficient (Wildman–Crippen LogP) is 2.61. The van der Waals surface area contributed by atoms with Gasteiger partial charge in [0.25, 0.3) is 5.91 Å². The molecule has 1 aromatic carbocycles. The second-order valence-corrected chi connectivity index (χ2v) is 4.78. The van der Waals surface area contributed by atoms with E-state index in [1.807, 2.05) is 0 Å². The molecule has 0 N–H and O–H groups in total. The first-order chi connectivity index (χ1) is 9.09. The van der Waals surface area contributed by atoms with Crippen LogP contribution in [0.1, 0.15) is 29.6 Å². The number of likely N-dealkylation sites (N-methyl/N-ethyl adjacent to an activating group) is 1. The van der Waals surface area contributed by atoms with Crippen molar-refractivity contribution in [3.05, 3.63) is 35.4 Å². The van der Waals surface area contributed by atoms with Gasteiger partial charge in [0.1, 0.15) is 0 Å². The smallest absolute Gasteiger partial charge is 0.256 e. The van der Waals surface area contributed by atoms with Crippen molar-refractivity contribution in [3.63, 3.8) is 0 Å². The number of benzene rings is 1. The summed E-state index contributed by atoms with van der Waals surface area (Å²) >= 11 is 0. The maximum absolute atomic E-state index is 13.5. The van der Waals surface area contributed by atoms with Gasteiger partial charge >= 0.3 is 0 Å². The van der Waals surface area contributed by atoms with Crippen LogP contribution < -0.4 is 0 Å². The summed E-state index contributed by atoms with van der Waals surface area (Å²) in [6.45, 7) is 1.09. The normalized spacial score (nSPS) is 19.2. The molecule has 1 saturated heterocycles. The lowest BCUT2D eigenvalue weighted by Crippen LogP contribution is -2.37. The van der Waals surface area contributed by atoms with E-state index in [1.165, 1.54) is 17.0 Å². The fourth-order valence-corrected chi connectivity index (χ4v) is 2.21. The Morgan fingerprint density at radius 1 is 1.42 bits per heavy atom. The van der Waals surface area contributed by atoms with Gasteiger partial charge in [0, 0.05) is 20.2 Å². The van der Waals surface area contributed by atoms with Crippen LogP contribution in [0.25, 0.3) is 0 Å². The van der Waals surface area contributed by atoms with Crippen LogP contribution >= 0.6 is 0 Å². The topological polar surface area (TPSA) is 29.5 Å². The number of halogens is 2. The minimum absolute atomic E-state index is 0.0145. The monoisotopic (exact) mass is 269 g/mol.